The van der Waals surface area contributed by atoms with Gasteiger partial charge in [0.15, 0.2) is 0 Å². The van der Waals surface area contributed by atoms with Crippen LogP contribution in [0, 0.1) is 5.92 Å². The minimum atomic E-state index is 0.541. The number of aromatic nitrogens is 1. The van der Waals surface area contributed by atoms with Gasteiger partial charge in [-0.2, -0.15) is 0 Å². The van der Waals surface area contributed by atoms with Crippen LogP contribution in [-0.4, -0.2) is 17.7 Å². The average molecular weight is 193 g/mol. The summed E-state index contributed by atoms with van der Waals surface area (Å²) in [6, 6.07) is 2.74. The fraction of sp³-hybridized carbons (Fsp3) is 0.636. The SMILES string of the molecule is Cn1ccc(C2CCC(CN)CN2)c1. The van der Waals surface area contributed by atoms with Crippen LogP contribution in [0.3, 0.4) is 0 Å². The Morgan fingerprint density at radius 2 is 2.43 bits per heavy atom. The second kappa shape index (κ2) is 4.15. The van der Waals surface area contributed by atoms with Crippen LogP contribution >= 0.6 is 0 Å². The van der Waals surface area contributed by atoms with Gasteiger partial charge in [-0.3, -0.25) is 0 Å². The van der Waals surface area contributed by atoms with Crippen LogP contribution in [0.4, 0.5) is 0 Å². The van der Waals surface area contributed by atoms with E-state index in [9.17, 15) is 0 Å². The van der Waals surface area contributed by atoms with E-state index in [1.54, 1.807) is 0 Å². The fourth-order valence-electron chi connectivity index (χ4n) is 2.13. The highest BCUT2D eigenvalue weighted by molar-refractivity contribution is 5.15. The molecule has 0 saturated carbocycles. The van der Waals surface area contributed by atoms with Crippen molar-refractivity contribution in [3.8, 4) is 0 Å². The van der Waals surface area contributed by atoms with Gasteiger partial charge in [-0.25, -0.2) is 0 Å². The molecule has 1 fully saturated rings. The molecule has 0 radical (unpaired) electrons. The van der Waals surface area contributed by atoms with Crippen molar-refractivity contribution in [2.75, 3.05) is 13.1 Å². The van der Waals surface area contributed by atoms with Crippen LogP contribution in [0.2, 0.25) is 0 Å². The van der Waals surface area contributed by atoms with Crippen LogP contribution in [0.5, 0.6) is 0 Å². The Balaban J connectivity index is 1.95. The van der Waals surface area contributed by atoms with E-state index in [-0.39, 0.29) is 0 Å². The molecule has 3 N–H and O–H groups in total. The Morgan fingerprint density at radius 3 is 2.93 bits per heavy atom. The number of aryl methyl sites for hydroxylation is 1. The van der Waals surface area contributed by atoms with Crippen molar-refractivity contribution in [1.82, 2.24) is 9.88 Å². The molecule has 14 heavy (non-hydrogen) atoms. The van der Waals surface area contributed by atoms with E-state index in [2.05, 4.69) is 35.4 Å². The lowest BCUT2D eigenvalue weighted by molar-refractivity contribution is 0.320. The minimum absolute atomic E-state index is 0.541. The van der Waals surface area contributed by atoms with Crippen molar-refractivity contribution in [2.24, 2.45) is 18.7 Å². The Kier molecular flexibility index (Phi) is 2.89. The van der Waals surface area contributed by atoms with Crippen molar-refractivity contribution in [1.29, 1.82) is 0 Å². The summed E-state index contributed by atoms with van der Waals surface area (Å²) in [4.78, 5) is 0. The molecule has 1 saturated heterocycles. The molecule has 2 atom stereocenters. The van der Waals surface area contributed by atoms with Gasteiger partial charge in [-0.15, -0.1) is 0 Å². The van der Waals surface area contributed by atoms with Gasteiger partial charge in [0, 0.05) is 25.5 Å². The zero-order valence-corrected chi connectivity index (χ0v) is 8.74. The molecule has 78 valence electrons. The van der Waals surface area contributed by atoms with E-state index in [1.165, 1.54) is 18.4 Å². The third-order valence-corrected chi connectivity index (χ3v) is 3.11. The first-order valence-electron chi connectivity index (χ1n) is 5.35. The second-order valence-corrected chi connectivity index (χ2v) is 4.25. The summed E-state index contributed by atoms with van der Waals surface area (Å²) in [6.07, 6.45) is 6.77. The predicted molar refractivity (Wildman–Crippen MR) is 57.9 cm³/mol. The third-order valence-electron chi connectivity index (χ3n) is 3.11. The Bertz CT molecular complexity index is 284. The van der Waals surface area contributed by atoms with E-state index in [1.807, 2.05) is 0 Å². The first-order valence-corrected chi connectivity index (χ1v) is 5.35. The van der Waals surface area contributed by atoms with Gasteiger partial charge in [0.2, 0.25) is 0 Å². The number of nitrogens with two attached hydrogens (primary N) is 1. The maximum Gasteiger partial charge on any atom is 0.0335 e. The fourth-order valence-corrected chi connectivity index (χ4v) is 2.13. The molecular formula is C11H19N3. The molecule has 2 heterocycles. The zero-order chi connectivity index (χ0) is 9.97. The van der Waals surface area contributed by atoms with Gasteiger partial charge >= 0.3 is 0 Å². The van der Waals surface area contributed by atoms with Gasteiger partial charge in [-0.05, 0) is 43.5 Å². The maximum absolute atomic E-state index is 5.65. The number of nitrogens with zero attached hydrogens (tertiary/aromatic N) is 1. The topological polar surface area (TPSA) is 43.0 Å². The van der Waals surface area contributed by atoms with Crippen LogP contribution in [-0.2, 0) is 7.05 Å². The van der Waals surface area contributed by atoms with Gasteiger partial charge < -0.3 is 15.6 Å². The van der Waals surface area contributed by atoms with Crippen molar-refractivity contribution in [2.45, 2.75) is 18.9 Å². The summed E-state index contributed by atoms with van der Waals surface area (Å²) in [7, 11) is 2.06. The largest absolute Gasteiger partial charge is 0.357 e. The number of nitrogens with one attached hydrogen (secondary N) is 1. The van der Waals surface area contributed by atoms with Crippen LogP contribution in [0.15, 0.2) is 18.5 Å². The van der Waals surface area contributed by atoms with E-state index in [0.29, 0.717) is 12.0 Å². The standard InChI is InChI=1S/C11H19N3/c1-14-5-4-10(8-14)11-3-2-9(6-12)7-13-11/h4-5,8-9,11,13H,2-3,6-7,12H2,1H3. The molecule has 3 heteroatoms. The summed E-state index contributed by atoms with van der Waals surface area (Å²) in [5.74, 6) is 0.676. The molecule has 0 bridgehead atoms. The maximum atomic E-state index is 5.65. The molecule has 0 aliphatic carbocycles. The van der Waals surface area contributed by atoms with Crippen LogP contribution in [0.25, 0.3) is 0 Å². The predicted octanol–water partition coefficient (Wildman–Crippen LogP) is 1.02. The van der Waals surface area contributed by atoms with Gasteiger partial charge in [-0.1, -0.05) is 0 Å². The van der Waals surface area contributed by atoms with Gasteiger partial charge in [0.25, 0.3) is 0 Å². The molecule has 0 aromatic carbocycles. The summed E-state index contributed by atoms with van der Waals surface area (Å²) in [5, 5.41) is 3.56. The Hall–Kier alpha value is -0.800. The minimum Gasteiger partial charge on any atom is -0.357 e. The summed E-state index contributed by atoms with van der Waals surface area (Å²) >= 11 is 0. The highest BCUT2D eigenvalue weighted by atomic mass is 15.0. The van der Waals surface area contributed by atoms with Crippen LogP contribution < -0.4 is 11.1 Å². The van der Waals surface area contributed by atoms with Crippen molar-refractivity contribution in [3.63, 3.8) is 0 Å². The molecule has 1 aromatic rings. The summed E-state index contributed by atoms with van der Waals surface area (Å²) in [6.45, 7) is 1.88. The van der Waals surface area contributed by atoms with Gasteiger partial charge in [0.1, 0.15) is 0 Å². The molecule has 0 spiro atoms. The molecular weight excluding hydrogens is 174 g/mol. The lowest BCUT2D eigenvalue weighted by Crippen LogP contribution is -2.36. The summed E-state index contributed by atoms with van der Waals surface area (Å²) in [5.41, 5.74) is 7.05. The molecule has 2 rings (SSSR count). The highest BCUT2D eigenvalue weighted by Crippen LogP contribution is 2.25. The second-order valence-electron chi connectivity index (χ2n) is 4.25. The van der Waals surface area contributed by atoms with Crippen molar-refractivity contribution >= 4 is 0 Å². The van der Waals surface area contributed by atoms with E-state index in [4.69, 9.17) is 5.73 Å². The molecule has 1 aliphatic rings. The normalized spacial score (nSPS) is 27.9. The Morgan fingerprint density at radius 1 is 1.57 bits per heavy atom. The van der Waals surface area contributed by atoms with E-state index in [0.717, 1.165) is 13.1 Å². The quantitative estimate of drug-likeness (QED) is 0.736. The smallest absolute Gasteiger partial charge is 0.0335 e. The number of piperidine rings is 1. The van der Waals surface area contributed by atoms with Crippen molar-refractivity contribution in [3.05, 3.63) is 24.0 Å². The molecule has 1 aliphatic heterocycles. The summed E-state index contributed by atoms with van der Waals surface area (Å²) < 4.78 is 2.10. The Labute approximate surface area is 85.3 Å². The molecule has 2 unspecified atom stereocenters. The molecule has 0 amide bonds. The lowest BCUT2D eigenvalue weighted by atomic mass is 9.92. The van der Waals surface area contributed by atoms with Crippen LogP contribution in [0.1, 0.15) is 24.4 Å². The third kappa shape index (κ3) is 1.99. The zero-order valence-electron chi connectivity index (χ0n) is 8.74. The monoisotopic (exact) mass is 193 g/mol. The lowest BCUT2D eigenvalue weighted by Gasteiger charge is -2.28. The van der Waals surface area contributed by atoms with E-state index < -0.39 is 0 Å². The average Bonchev–Trinajstić information content (AvgIpc) is 2.65. The number of rotatable bonds is 2. The van der Waals surface area contributed by atoms with Crippen molar-refractivity contribution < 1.29 is 0 Å². The highest BCUT2D eigenvalue weighted by Gasteiger charge is 2.20. The number of hydrogen-bond acceptors (Lipinski definition) is 2. The van der Waals surface area contributed by atoms with E-state index >= 15 is 0 Å². The molecule has 3 nitrogen and oxygen atoms in total. The first kappa shape index (κ1) is 9.74. The molecule has 1 aromatic heterocycles. The first-order chi connectivity index (χ1) is 6.79. The van der Waals surface area contributed by atoms with Gasteiger partial charge in [0.05, 0.1) is 0 Å². The number of hydrogen-bond donors (Lipinski definition) is 2.